The lowest BCUT2D eigenvalue weighted by Gasteiger charge is -2.12. The monoisotopic (exact) mass is 474 g/mol. The van der Waals surface area contributed by atoms with Crippen molar-refractivity contribution < 1.29 is 14.3 Å². The number of rotatable bonds is 8. The number of aryl methyl sites for hydroxylation is 2. The molecule has 4 rings (SSSR count). The second-order valence-electron chi connectivity index (χ2n) is 7.87. The van der Waals surface area contributed by atoms with Gasteiger partial charge >= 0.3 is 0 Å². The van der Waals surface area contributed by atoms with E-state index in [-0.39, 0.29) is 24.1 Å². The third-order valence-corrected chi connectivity index (χ3v) is 6.14. The number of fused-ring (bicyclic) bond motifs is 1. The Morgan fingerprint density at radius 3 is 2.56 bits per heavy atom. The maximum absolute atomic E-state index is 12.5. The number of thioether (sulfide) groups is 1. The van der Waals surface area contributed by atoms with Crippen LogP contribution in [0.2, 0.25) is 0 Å². The molecule has 1 heterocycles. The smallest absolute Gasteiger partial charge is 0.243 e. The molecule has 0 aliphatic heterocycles. The summed E-state index contributed by atoms with van der Waals surface area (Å²) >= 11 is 1.33. The Morgan fingerprint density at radius 2 is 1.76 bits per heavy atom. The van der Waals surface area contributed by atoms with Crippen LogP contribution in [0.3, 0.4) is 0 Å². The Labute approximate surface area is 202 Å². The maximum atomic E-state index is 12.5. The standard InChI is InChI=1S/C26H26N4O3S/c1-17-7-6-8-19(13-17)30-22-10-5-4-9-20(22)29-26(30)34-16-25(32)27-15-24(31)28-21-14-18(2)11-12-23(21)33-3/h4-14H,15-16H2,1-3H3,(H,27,32)(H,28,31). The fourth-order valence-corrected chi connectivity index (χ4v) is 4.45. The zero-order chi connectivity index (χ0) is 24.1. The van der Waals surface area contributed by atoms with Crippen molar-refractivity contribution in [2.45, 2.75) is 19.0 Å². The van der Waals surface area contributed by atoms with Gasteiger partial charge in [-0.1, -0.05) is 42.1 Å². The number of methoxy groups -OCH3 is 1. The van der Waals surface area contributed by atoms with Gasteiger partial charge in [0.1, 0.15) is 5.75 Å². The van der Waals surface area contributed by atoms with Crippen LogP contribution >= 0.6 is 11.8 Å². The number of imidazole rings is 1. The summed E-state index contributed by atoms with van der Waals surface area (Å²) in [6.07, 6.45) is 0. The van der Waals surface area contributed by atoms with E-state index in [2.05, 4.69) is 21.3 Å². The second-order valence-corrected chi connectivity index (χ2v) is 8.82. The van der Waals surface area contributed by atoms with Gasteiger partial charge in [-0.15, -0.1) is 0 Å². The van der Waals surface area contributed by atoms with Crippen LogP contribution in [0.4, 0.5) is 5.69 Å². The summed E-state index contributed by atoms with van der Waals surface area (Å²) < 4.78 is 7.33. The normalized spacial score (nSPS) is 10.8. The van der Waals surface area contributed by atoms with Gasteiger partial charge in [-0.3, -0.25) is 14.2 Å². The predicted molar refractivity (Wildman–Crippen MR) is 136 cm³/mol. The molecule has 0 saturated heterocycles. The van der Waals surface area contributed by atoms with E-state index in [1.165, 1.54) is 11.8 Å². The van der Waals surface area contributed by atoms with Crippen molar-refractivity contribution in [1.82, 2.24) is 14.9 Å². The molecule has 8 heteroatoms. The topological polar surface area (TPSA) is 85.2 Å². The SMILES string of the molecule is COc1ccc(C)cc1NC(=O)CNC(=O)CSc1nc2ccccc2n1-c1cccc(C)c1. The van der Waals surface area contributed by atoms with Gasteiger partial charge in [0.25, 0.3) is 0 Å². The van der Waals surface area contributed by atoms with Crippen molar-refractivity contribution in [3.8, 4) is 11.4 Å². The zero-order valence-electron chi connectivity index (χ0n) is 19.3. The van der Waals surface area contributed by atoms with Crippen LogP contribution in [-0.4, -0.2) is 40.8 Å². The van der Waals surface area contributed by atoms with Gasteiger partial charge in [0, 0.05) is 5.69 Å². The third kappa shape index (κ3) is 5.40. The van der Waals surface area contributed by atoms with E-state index >= 15 is 0 Å². The van der Waals surface area contributed by atoms with Crippen molar-refractivity contribution in [2.75, 3.05) is 24.7 Å². The molecular weight excluding hydrogens is 448 g/mol. The van der Waals surface area contributed by atoms with Crippen LogP contribution < -0.4 is 15.4 Å². The molecule has 0 bridgehead atoms. The van der Waals surface area contributed by atoms with E-state index in [1.807, 2.05) is 68.4 Å². The van der Waals surface area contributed by atoms with Crippen molar-refractivity contribution in [1.29, 1.82) is 0 Å². The summed E-state index contributed by atoms with van der Waals surface area (Å²) in [6, 6.07) is 21.6. The molecule has 2 amide bonds. The molecule has 1 aromatic heterocycles. The molecule has 0 spiro atoms. The van der Waals surface area contributed by atoms with E-state index < -0.39 is 0 Å². The lowest BCUT2D eigenvalue weighted by atomic mass is 10.2. The highest BCUT2D eigenvalue weighted by Gasteiger charge is 2.15. The summed E-state index contributed by atoms with van der Waals surface area (Å²) in [7, 11) is 1.55. The minimum Gasteiger partial charge on any atom is -0.495 e. The van der Waals surface area contributed by atoms with Crippen molar-refractivity contribution >= 4 is 40.3 Å². The number of benzene rings is 3. The number of para-hydroxylation sites is 2. The number of carbonyl (C=O) groups is 2. The molecule has 0 fully saturated rings. The van der Waals surface area contributed by atoms with E-state index in [0.717, 1.165) is 33.0 Å². The lowest BCUT2D eigenvalue weighted by molar-refractivity contribution is -0.122. The average molecular weight is 475 g/mol. The molecule has 2 N–H and O–H groups in total. The van der Waals surface area contributed by atoms with Gasteiger partial charge in [0.15, 0.2) is 5.16 Å². The molecule has 0 unspecified atom stereocenters. The van der Waals surface area contributed by atoms with Crippen LogP contribution in [-0.2, 0) is 9.59 Å². The maximum Gasteiger partial charge on any atom is 0.243 e. The van der Waals surface area contributed by atoms with Gasteiger partial charge in [-0.05, 0) is 61.4 Å². The molecule has 0 aliphatic carbocycles. The van der Waals surface area contributed by atoms with Crippen LogP contribution in [0.15, 0.2) is 71.9 Å². The number of carbonyl (C=O) groups excluding carboxylic acids is 2. The second kappa shape index (κ2) is 10.4. The van der Waals surface area contributed by atoms with Crippen molar-refractivity contribution in [2.24, 2.45) is 0 Å². The van der Waals surface area contributed by atoms with Gasteiger partial charge in [0.05, 0.1) is 36.1 Å². The van der Waals surface area contributed by atoms with Crippen LogP contribution in [0, 0.1) is 13.8 Å². The first kappa shape index (κ1) is 23.4. The Morgan fingerprint density at radius 1 is 0.971 bits per heavy atom. The number of amides is 2. The predicted octanol–water partition coefficient (Wildman–Crippen LogP) is 4.50. The van der Waals surface area contributed by atoms with E-state index in [1.54, 1.807) is 13.2 Å². The summed E-state index contributed by atoms with van der Waals surface area (Å²) in [4.78, 5) is 29.6. The number of anilines is 1. The minimum absolute atomic E-state index is 0.134. The van der Waals surface area contributed by atoms with Crippen LogP contribution in [0.1, 0.15) is 11.1 Å². The Kier molecular flexibility index (Phi) is 7.18. The van der Waals surface area contributed by atoms with E-state index in [9.17, 15) is 9.59 Å². The molecule has 34 heavy (non-hydrogen) atoms. The lowest BCUT2D eigenvalue weighted by Crippen LogP contribution is -2.34. The molecule has 4 aromatic rings. The molecule has 0 aliphatic rings. The van der Waals surface area contributed by atoms with E-state index in [4.69, 9.17) is 9.72 Å². The number of hydrogen-bond donors (Lipinski definition) is 2. The van der Waals surface area contributed by atoms with Gasteiger partial charge < -0.3 is 15.4 Å². The molecule has 174 valence electrons. The summed E-state index contributed by atoms with van der Waals surface area (Å²) in [5.41, 5.74) is 5.53. The molecule has 7 nitrogen and oxygen atoms in total. The highest BCUT2D eigenvalue weighted by atomic mass is 32.2. The number of nitrogens with zero attached hydrogens (tertiary/aromatic N) is 2. The number of nitrogens with one attached hydrogen (secondary N) is 2. The fourth-order valence-electron chi connectivity index (χ4n) is 3.59. The molecule has 0 saturated carbocycles. The molecule has 3 aromatic carbocycles. The number of hydrogen-bond acceptors (Lipinski definition) is 5. The minimum atomic E-state index is -0.325. The molecule has 0 radical (unpaired) electrons. The quantitative estimate of drug-likeness (QED) is 0.367. The molecular formula is C26H26N4O3S. The number of ether oxygens (including phenoxy) is 1. The van der Waals surface area contributed by atoms with Crippen LogP contribution in [0.25, 0.3) is 16.7 Å². The summed E-state index contributed by atoms with van der Waals surface area (Å²) in [5.74, 6) is 0.125. The highest BCUT2D eigenvalue weighted by Crippen LogP contribution is 2.28. The van der Waals surface area contributed by atoms with Gasteiger partial charge in [0.2, 0.25) is 11.8 Å². The summed E-state index contributed by atoms with van der Waals surface area (Å²) in [6.45, 7) is 3.84. The zero-order valence-corrected chi connectivity index (χ0v) is 20.1. The van der Waals surface area contributed by atoms with E-state index in [0.29, 0.717) is 11.4 Å². The largest absolute Gasteiger partial charge is 0.495 e. The Bertz CT molecular complexity index is 1350. The van der Waals surface area contributed by atoms with Gasteiger partial charge in [-0.2, -0.15) is 0 Å². The first-order valence-electron chi connectivity index (χ1n) is 10.8. The average Bonchev–Trinajstić information content (AvgIpc) is 3.20. The molecule has 0 atom stereocenters. The van der Waals surface area contributed by atoms with Crippen LogP contribution in [0.5, 0.6) is 5.75 Å². The third-order valence-electron chi connectivity index (χ3n) is 5.20. The first-order chi connectivity index (χ1) is 16.4. The first-order valence-corrected chi connectivity index (χ1v) is 11.8. The van der Waals surface area contributed by atoms with Crippen molar-refractivity contribution in [3.05, 3.63) is 77.9 Å². The van der Waals surface area contributed by atoms with Crippen molar-refractivity contribution in [3.63, 3.8) is 0 Å². The highest BCUT2D eigenvalue weighted by molar-refractivity contribution is 7.99. The van der Waals surface area contributed by atoms with Gasteiger partial charge in [-0.25, -0.2) is 4.98 Å². The Hall–Kier alpha value is -3.78. The fraction of sp³-hybridized carbons (Fsp3) is 0.192. The Balaban J connectivity index is 1.41. The summed E-state index contributed by atoms with van der Waals surface area (Å²) in [5, 5.41) is 6.18. The number of aromatic nitrogens is 2.